The van der Waals surface area contributed by atoms with Crippen molar-refractivity contribution in [3.8, 4) is 11.3 Å². The van der Waals surface area contributed by atoms with Crippen LogP contribution in [0.5, 0.6) is 0 Å². The van der Waals surface area contributed by atoms with Crippen LogP contribution >= 0.6 is 15.9 Å². The molecule has 0 bridgehead atoms. The van der Waals surface area contributed by atoms with Crippen molar-refractivity contribution in [3.63, 3.8) is 0 Å². The van der Waals surface area contributed by atoms with Crippen molar-refractivity contribution >= 4 is 26.8 Å². The molecule has 0 N–H and O–H groups in total. The minimum absolute atomic E-state index is 1.01. The Kier molecular flexibility index (Phi) is 2.65. The molecule has 1 nitrogen and oxygen atoms in total. The number of benzene rings is 2. The summed E-state index contributed by atoms with van der Waals surface area (Å²) in [4.78, 5) is 4.68. The molecular formula is C15H10BrN. The Hall–Kier alpha value is -1.67. The zero-order valence-electron chi connectivity index (χ0n) is 9.10. The molecule has 0 saturated carbocycles. The van der Waals surface area contributed by atoms with Gasteiger partial charge in [-0.15, -0.1) is 0 Å². The number of fused-ring (bicyclic) bond motifs is 1. The average molecular weight is 284 g/mol. The van der Waals surface area contributed by atoms with Gasteiger partial charge in [-0.3, -0.25) is 0 Å². The summed E-state index contributed by atoms with van der Waals surface area (Å²) in [5, 5.41) is 1.16. The molecule has 17 heavy (non-hydrogen) atoms. The van der Waals surface area contributed by atoms with Crippen LogP contribution in [0, 0.1) is 0 Å². The van der Waals surface area contributed by atoms with Gasteiger partial charge in [-0.25, -0.2) is 4.98 Å². The summed E-state index contributed by atoms with van der Waals surface area (Å²) < 4.78 is 1.06. The normalized spacial score (nSPS) is 10.6. The van der Waals surface area contributed by atoms with Crippen LogP contribution in [0.4, 0.5) is 0 Å². The fourth-order valence-electron chi connectivity index (χ4n) is 1.86. The molecule has 0 aliphatic carbocycles. The lowest BCUT2D eigenvalue weighted by Crippen LogP contribution is -1.84. The number of halogens is 1. The van der Waals surface area contributed by atoms with Crippen molar-refractivity contribution in [1.29, 1.82) is 0 Å². The van der Waals surface area contributed by atoms with Crippen LogP contribution in [0.25, 0.3) is 22.2 Å². The molecule has 0 radical (unpaired) electrons. The van der Waals surface area contributed by atoms with Gasteiger partial charge in [-0.05, 0) is 18.2 Å². The maximum absolute atomic E-state index is 4.68. The molecule has 0 atom stereocenters. The number of nitrogens with zero attached hydrogens (tertiary/aromatic N) is 1. The van der Waals surface area contributed by atoms with Crippen LogP contribution in [0.1, 0.15) is 0 Å². The third-order valence-electron chi connectivity index (χ3n) is 2.72. The Balaban J connectivity index is 2.19. The third kappa shape index (κ3) is 2.08. The van der Waals surface area contributed by atoms with E-state index in [-0.39, 0.29) is 0 Å². The van der Waals surface area contributed by atoms with E-state index in [1.165, 1.54) is 0 Å². The fraction of sp³-hybridized carbons (Fsp3) is 0. The van der Waals surface area contributed by atoms with Crippen molar-refractivity contribution < 1.29 is 0 Å². The van der Waals surface area contributed by atoms with Crippen molar-refractivity contribution in [2.75, 3.05) is 0 Å². The molecule has 3 rings (SSSR count). The van der Waals surface area contributed by atoms with Gasteiger partial charge in [0.2, 0.25) is 0 Å². The van der Waals surface area contributed by atoms with Crippen LogP contribution in [-0.4, -0.2) is 4.98 Å². The molecule has 2 aromatic carbocycles. The van der Waals surface area contributed by atoms with Crippen molar-refractivity contribution in [2.45, 2.75) is 0 Å². The number of hydrogen-bond donors (Lipinski definition) is 0. The quantitative estimate of drug-likeness (QED) is 0.633. The van der Waals surface area contributed by atoms with E-state index < -0.39 is 0 Å². The summed E-state index contributed by atoms with van der Waals surface area (Å²) in [6.07, 6.45) is 0. The standard InChI is InChI=1S/C15H10BrN/c16-13-8-6-12-7-9-14(17-15(12)10-13)11-4-2-1-3-5-11/h1-10H. The van der Waals surface area contributed by atoms with E-state index in [0.717, 1.165) is 26.6 Å². The SMILES string of the molecule is Brc1ccc2ccc(-c3ccccc3)nc2c1. The third-order valence-corrected chi connectivity index (χ3v) is 3.22. The van der Waals surface area contributed by atoms with Gasteiger partial charge in [0, 0.05) is 15.4 Å². The average Bonchev–Trinajstić information content (AvgIpc) is 2.39. The lowest BCUT2D eigenvalue weighted by molar-refractivity contribution is 1.39. The summed E-state index contributed by atoms with van der Waals surface area (Å²) in [5.74, 6) is 0. The van der Waals surface area contributed by atoms with Gasteiger partial charge in [0.05, 0.1) is 11.2 Å². The Morgan fingerprint density at radius 3 is 2.41 bits per heavy atom. The Morgan fingerprint density at radius 1 is 0.824 bits per heavy atom. The monoisotopic (exact) mass is 283 g/mol. The number of pyridine rings is 1. The molecule has 0 saturated heterocycles. The smallest absolute Gasteiger partial charge is 0.0720 e. The molecule has 0 aliphatic rings. The summed E-state index contributed by atoms with van der Waals surface area (Å²) in [6.45, 7) is 0. The molecule has 0 unspecified atom stereocenters. The molecule has 1 aromatic heterocycles. The summed E-state index contributed by atoms with van der Waals surface area (Å²) >= 11 is 3.47. The highest BCUT2D eigenvalue weighted by Gasteiger charge is 2.01. The van der Waals surface area contributed by atoms with Gasteiger partial charge >= 0.3 is 0 Å². The number of hydrogen-bond acceptors (Lipinski definition) is 1. The number of rotatable bonds is 1. The molecule has 82 valence electrons. The van der Waals surface area contributed by atoms with Crippen LogP contribution in [0.15, 0.2) is 65.1 Å². The second kappa shape index (κ2) is 4.30. The topological polar surface area (TPSA) is 12.9 Å². The van der Waals surface area contributed by atoms with E-state index in [1.54, 1.807) is 0 Å². The van der Waals surface area contributed by atoms with Gasteiger partial charge in [0.15, 0.2) is 0 Å². The molecular weight excluding hydrogens is 274 g/mol. The first-order chi connectivity index (χ1) is 8.33. The van der Waals surface area contributed by atoms with Crippen molar-refractivity contribution in [1.82, 2.24) is 4.98 Å². The Bertz CT molecular complexity index is 662. The van der Waals surface area contributed by atoms with Gasteiger partial charge in [0.1, 0.15) is 0 Å². The maximum Gasteiger partial charge on any atom is 0.0720 e. The number of aromatic nitrogens is 1. The molecule has 3 aromatic rings. The van der Waals surface area contributed by atoms with Crippen molar-refractivity contribution in [2.24, 2.45) is 0 Å². The molecule has 0 fully saturated rings. The first-order valence-electron chi connectivity index (χ1n) is 5.45. The largest absolute Gasteiger partial charge is 0.248 e. The van der Waals surface area contributed by atoms with Crippen molar-refractivity contribution in [3.05, 3.63) is 65.1 Å². The summed E-state index contributed by atoms with van der Waals surface area (Å²) in [7, 11) is 0. The molecule has 0 aliphatic heterocycles. The van der Waals surface area contributed by atoms with Crippen LogP contribution in [0.3, 0.4) is 0 Å². The maximum atomic E-state index is 4.68. The zero-order chi connectivity index (χ0) is 11.7. The molecule has 1 heterocycles. The fourth-order valence-corrected chi connectivity index (χ4v) is 2.21. The first-order valence-corrected chi connectivity index (χ1v) is 6.24. The van der Waals surface area contributed by atoms with E-state index in [4.69, 9.17) is 0 Å². The Morgan fingerprint density at radius 2 is 1.59 bits per heavy atom. The van der Waals surface area contributed by atoms with Gasteiger partial charge in [-0.1, -0.05) is 58.4 Å². The van der Waals surface area contributed by atoms with E-state index >= 15 is 0 Å². The first kappa shape index (κ1) is 10.5. The highest BCUT2D eigenvalue weighted by Crippen LogP contribution is 2.23. The summed E-state index contributed by atoms with van der Waals surface area (Å²) in [5.41, 5.74) is 3.17. The predicted octanol–water partition coefficient (Wildman–Crippen LogP) is 4.66. The van der Waals surface area contributed by atoms with Crippen LogP contribution < -0.4 is 0 Å². The predicted molar refractivity (Wildman–Crippen MR) is 74.9 cm³/mol. The molecule has 0 amide bonds. The van der Waals surface area contributed by atoms with E-state index in [9.17, 15) is 0 Å². The summed E-state index contributed by atoms with van der Waals surface area (Å²) in [6, 6.07) is 20.5. The minimum atomic E-state index is 1.01. The second-order valence-electron chi connectivity index (χ2n) is 3.90. The molecule has 2 heteroatoms. The van der Waals surface area contributed by atoms with Crippen LogP contribution in [0.2, 0.25) is 0 Å². The highest BCUT2D eigenvalue weighted by atomic mass is 79.9. The van der Waals surface area contributed by atoms with E-state index in [0.29, 0.717) is 0 Å². The molecule has 0 spiro atoms. The zero-order valence-corrected chi connectivity index (χ0v) is 10.7. The Labute approximate surface area is 108 Å². The van der Waals surface area contributed by atoms with Gasteiger partial charge in [-0.2, -0.15) is 0 Å². The van der Waals surface area contributed by atoms with Gasteiger partial charge < -0.3 is 0 Å². The highest BCUT2D eigenvalue weighted by molar-refractivity contribution is 9.10. The minimum Gasteiger partial charge on any atom is -0.248 e. The lowest BCUT2D eigenvalue weighted by Gasteiger charge is -2.03. The van der Waals surface area contributed by atoms with E-state index in [1.807, 2.05) is 30.3 Å². The lowest BCUT2D eigenvalue weighted by atomic mass is 10.1. The van der Waals surface area contributed by atoms with Crippen LogP contribution in [-0.2, 0) is 0 Å². The second-order valence-corrected chi connectivity index (χ2v) is 4.82. The van der Waals surface area contributed by atoms with Gasteiger partial charge in [0.25, 0.3) is 0 Å². The van der Waals surface area contributed by atoms with E-state index in [2.05, 4.69) is 51.2 Å².